The van der Waals surface area contributed by atoms with Crippen molar-refractivity contribution in [2.45, 2.75) is 39.2 Å². The molecule has 156 valence electrons. The minimum absolute atomic E-state index is 0.00228. The van der Waals surface area contributed by atoms with Gasteiger partial charge in [-0.3, -0.25) is 19.2 Å². The topological polar surface area (TPSA) is 96.0 Å². The van der Waals surface area contributed by atoms with Crippen LogP contribution in [0.3, 0.4) is 0 Å². The van der Waals surface area contributed by atoms with Gasteiger partial charge in [0.1, 0.15) is 11.5 Å². The Morgan fingerprint density at radius 2 is 1.57 bits per heavy atom. The van der Waals surface area contributed by atoms with Crippen LogP contribution in [0.5, 0.6) is 11.5 Å². The summed E-state index contributed by atoms with van der Waals surface area (Å²) in [5, 5.41) is 0. The van der Waals surface area contributed by atoms with Gasteiger partial charge in [-0.15, -0.1) is 0 Å². The Balaban J connectivity index is 2.30. The molecule has 0 aliphatic heterocycles. The summed E-state index contributed by atoms with van der Waals surface area (Å²) in [6.45, 7) is 6.22. The Labute approximate surface area is 173 Å². The van der Waals surface area contributed by atoms with Crippen LogP contribution < -0.4 is 9.47 Å². The summed E-state index contributed by atoms with van der Waals surface area (Å²) in [6, 6.07) is 9.21. The summed E-state index contributed by atoms with van der Waals surface area (Å²) in [5.41, 5.74) is -1.28. The number of carbonyl (C=O) groups is 4. The zero-order valence-electron chi connectivity index (χ0n) is 17.4. The maximum absolute atomic E-state index is 13.5. The van der Waals surface area contributed by atoms with Gasteiger partial charge in [-0.25, -0.2) is 0 Å². The molecule has 1 aliphatic carbocycles. The van der Waals surface area contributed by atoms with E-state index in [0.717, 1.165) is 12.5 Å². The van der Waals surface area contributed by atoms with Gasteiger partial charge >= 0.3 is 11.9 Å². The van der Waals surface area contributed by atoms with E-state index in [0.29, 0.717) is 5.75 Å². The number of ether oxygens (including phenoxy) is 3. The predicted molar refractivity (Wildman–Crippen MR) is 107 cm³/mol. The minimum atomic E-state index is -2.28. The highest BCUT2D eigenvalue weighted by Crippen LogP contribution is 2.46. The van der Waals surface area contributed by atoms with Gasteiger partial charge in [0, 0.05) is 25.0 Å². The van der Waals surface area contributed by atoms with Crippen LogP contribution in [0.2, 0.25) is 0 Å². The third-order valence-electron chi connectivity index (χ3n) is 4.96. The molecule has 0 amide bonds. The van der Waals surface area contributed by atoms with Crippen molar-refractivity contribution in [1.82, 2.24) is 0 Å². The molecule has 0 spiro atoms. The molecule has 0 bridgehead atoms. The van der Waals surface area contributed by atoms with E-state index < -0.39 is 29.1 Å². The second-order valence-electron chi connectivity index (χ2n) is 7.35. The van der Waals surface area contributed by atoms with Gasteiger partial charge in [-0.2, -0.15) is 0 Å². The summed E-state index contributed by atoms with van der Waals surface area (Å²) in [5.74, 6) is -2.41. The molecular weight excluding hydrogens is 388 g/mol. The van der Waals surface area contributed by atoms with Gasteiger partial charge in [-0.1, -0.05) is 19.9 Å². The molecule has 1 unspecified atom stereocenters. The van der Waals surface area contributed by atoms with Gasteiger partial charge in [0.15, 0.2) is 0 Å². The number of rotatable bonds is 5. The van der Waals surface area contributed by atoms with Crippen molar-refractivity contribution in [3.8, 4) is 11.5 Å². The summed E-state index contributed by atoms with van der Waals surface area (Å²) >= 11 is 0. The maximum Gasteiger partial charge on any atom is 0.308 e. The molecule has 2 aromatic carbocycles. The molecule has 0 heterocycles. The SMILES string of the molecule is COc1ccc2c(c1)C(=O)C(OC(C)=O)(c1ccc(C(C)C)cc1OC(C)=O)C2=O. The molecule has 0 aromatic heterocycles. The van der Waals surface area contributed by atoms with Crippen LogP contribution in [-0.2, 0) is 19.9 Å². The minimum Gasteiger partial charge on any atom is -0.497 e. The molecule has 0 saturated carbocycles. The first-order valence-electron chi connectivity index (χ1n) is 9.41. The van der Waals surface area contributed by atoms with Gasteiger partial charge in [0.2, 0.25) is 11.6 Å². The van der Waals surface area contributed by atoms with E-state index in [1.807, 2.05) is 13.8 Å². The lowest BCUT2D eigenvalue weighted by molar-refractivity contribution is -0.149. The highest BCUT2D eigenvalue weighted by Gasteiger charge is 2.59. The monoisotopic (exact) mass is 410 g/mol. The van der Waals surface area contributed by atoms with Crippen molar-refractivity contribution < 1.29 is 33.4 Å². The summed E-state index contributed by atoms with van der Waals surface area (Å²) in [7, 11) is 1.44. The lowest BCUT2D eigenvalue weighted by atomic mass is 9.86. The molecule has 2 aromatic rings. The van der Waals surface area contributed by atoms with Crippen LogP contribution in [-0.4, -0.2) is 30.6 Å². The standard InChI is InChI=1S/C23H22O7/c1-12(2)15-6-9-19(20(10-15)29-13(3)24)23(30-14(4)25)21(26)17-8-7-16(28-5)11-18(17)22(23)27/h6-12H,1-5H3. The number of methoxy groups -OCH3 is 1. The molecule has 7 heteroatoms. The summed E-state index contributed by atoms with van der Waals surface area (Å²) in [4.78, 5) is 50.7. The van der Waals surface area contributed by atoms with Crippen LogP contribution >= 0.6 is 0 Å². The lowest BCUT2D eigenvalue weighted by Crippen LogP contribution is -2.43. The predicted octanol–water partition coefficient (Wildman–Crippen LogP) is 3.58. The van der Waals surface area contributed by atoms with E-state index in [9.17, 15) is 19.2 Å². The number of carbonyl (C=O) groups excluding carboxylic acids is 4. The van der Waals surface area contributed by atoms with Gasteiger partial charge in [-0.05, 0) is 41.8 Å². The first-order valence-corrected chi connectivity index (χ1v) is 9.41. The van der Waals surface area contributed by atoms with Crippen molar-refractivity contribution in [2.24, 2.45) is 0 Å². The molecule has 30 heavy (non-hydrogen) atoms. The zero-order chi connectivity index (χ0) is 22.2. The van der Waals surface area contributed by atoms with Gasteiger partial charge in [0.25, 0.3) is 5.60 Å². The normalized spacial score (nSPS) is 17.7. The first kappa shape index (κ1) is 21.2. The number of Topliss-reactive ketones (excluding diaryl/α,β-unsaturated/α-hetero) is 2. The Bertz CT molecular complexity index is 1070. The largest absolute Gasteiger partial charge is 0.497 e. The molecule has 0 N–H and O–H groups in total. The van der Waals surface area contributed by atoms with Crippen molar-refractivity contribution >= 4 is 23.5 Å². The number of esters is 2. The molecule has 7 nitrogen and oxygen atoms in total. The van der Waals surface area contributed by atoms with Crippen molar-refractivity contribution in [2.75, 3.05) is 7.11 Å². The lowest BCUT2D eigenvalue weighted by Gasteiger charge is -2.28. The molecule has 1 atom stereocenters. The third-order valence-corrected chi connectivity index (χ3v) is 4.96. The Kier molecular flexibility index (Phi) is 5.48. The maximum atomic E-state index is 13.5. The fourth-order valence-electron chi connectivity index (χ4n) is 3.55. The first-order chi connectivity index (χ1) is 14.1. The zero-order valence-corrected chi connectivity index (χ0v) is 17.4. The number of hydrogen-bond donors (Lipinski definition) is 0. The van der Waals surface area contributed by atoms with E-state index in [1.54, 1.807) is 18.2 Å². The average Bonchev–Trinajstić information content (AvgIpc) is 2.89. The summed E-state index contributed by atoms with van der Waals surface area (Å²) in [6.07, 6.45) is 0. The average molecular weight is 410 g/mol. The molecular formula is C23H22O7. The highest BCUT2D eigenvalue weighted by atomic mass is 16.6. The van der Waals surface area contributed by atoms with Crippen LogP contribution in [0.25, 0.3) is 0 Å². The highest BCUT2D eigenvalue weighted by molar-refractivity contribution is 6.33. The van der Waals surface area contributed by atoms with Crippen LogP contribution in [0.4, 0.5) is 0 Å². The fourth-order valence-corrected chi connectivity index (χ4v) is 3.55. The Morgan fingerprint density at radius 1 is 0.900 bits per heavy atom. The van der Waals surface area contributed by atoms with E-state index in [4.69, 9.17) is 14.2 Å². The molecule has 3 rings (SSSR count). The summed E-state index contributed by atoms with van der Waals surface area (Å²) < 4.78 is 15.9. The van der Waals surface area contributed by atoms with Crippen molar-refractivity contribution in [1.29, 1.82) is 0 Å². The van der Waals surface area contributed by atoms with Crippen LogP contribution in [0.15, 0.2) is 36.4 Å². The van der Waals surface area contributed by atoms with E-state index in [2.05, 4.69) is 0 Å². The molecule has 0 radical (unpaired) electrons. The molecule has 1 aliphatic rings. The Morgan fingerprint density at radius 3 is 2.13 bits per heavy atom. The second kappa shape index (κ2) is 7.74. The smallest absolute Gasteiger partial charge is 0.308 e. The van der Waals surface area contributed by atoms with Crippen LogP contribution in [0.1, 0.15) is 65.5 Å². The molecule has 0 saturated heterocycles. The third kappa shape index (κ3) is 3.36. The number of hydrogen-bond acceptors (Lipinski definition) is 7. The number of ketones is 2. The Hall–Kier alpha value is -3.48. The molecule has 0 fully saturated rings. The van der Waals surface area contributed by atoms with Crippen LogP contribution in [0, 0.1) is 0 Å². The van der Waals surface area contributed by atoms with Gasteiger partial charge < -0.3 is 14.2 Å². The van der Waals surface area contributed by atoms with E-state index in [-0.39, 0.29) is 28.4 Å². The van der Waals surface area contributed by atoms with Gasteiger partial charge in [0.05, 0.1) is 12.7 Å². The fraction of sp³-hybridized carbons (Fsp3) is 0.304. The number of benzene rings is 2. The quantitative estimate of drug-likeness (QED) is 0.422. The second-order valence-corrected chi connectivity index (χ2v) is 7.35. The number of fused-ring (bicyclic) bond motifs is 1. The van der Waals surface area contributed by atoms with E-state index in [1.165, 1.54) is 32.2 Å². The van der Waals surface area contributed by atoms with E-state index >= 15 is 0 Å². The van der Waals surface area contributed by atoms with Crippen molar-refractivity contribution in [3.05, 3.63) is 58.7 Å². The van der Waals surface area contributed by atoms with Crippen molar-refractivity contribution in [3.63, 3.8) is 0 Å².